The van der Waals surface area contributed by atoms with E-state index in [2.05, 4.69) is 91.8 Å². The van der Waals surface area contributed by atoms with Gasteiger partial charge in [0.1, 0.15) is 11.5 Å². The summed E-state index contributed by atoms with van der Waals surface area (Å²) in [6, 6.07) is 42.0. The summed E-state index contributed by atoms with van der Waals surface area (Å²) in [6.07, 6.45) is 3.08. The first-order valence-electron chi connectivity index (χ1n) is 20.3. The Morgan fingerprint density at radius 2 is 1.51 bits per heavy atom. The highest BCUT2D eigenvalue weighted by Crippen LogP contribution is 2.53. The summed E-state index contributed by atoms with van der Waals surface area (Å²) in [4.78, 5) is 15.5. The molecular formula is C49H55N3O5. The molecule has 5 aromatic carbocycles. The fourth-order valence-corrected chi connectivity index (χ4v) is 9.63. The van der Waals surface area contributed by atoms with Crippen molar-refractivity contribution in [3.63, 3.8) is 0 Å². The van der Waals surface area contributed by atoms with Gasteiger partial charge in [-0.2, -0.15) is 0 Å². The van der Waals surface area contributed by atoms with Gasteiger partial charge in [-0.3, -0.25) is 4.90 Å². The zero-order chi connectivity index (χ0) is 39.6. The van der Waals surface area contributed by atoms with E-state index in [0.29, 0.717) is 34.9 Å². The van der Waals surface area contributed by atoms with Gasteiger partial charge in [0.25, 0.3) is 0 Å². The third kappa shape index (κ3) is 9.26. The van der Waals surface area contributed by atoms with Crippen LogP contribution in [0.5, 0.6) is 11.5 Å². The number of anilines is 1. The molecule has 8 heteroatoms. The largest absolute Gasteiger partial charge is 0.457 e. The highest BCUT2D eigenvalue weighted by molar-refractivity contribution is 5.89. The van der Waals surface area contributed by atoms with Gasteiger partial charge < -0.3 is 30.0 Å². The lowest BCUT2D eigenvalue weighted by molar-refractivity contribution is -0.276. The van der Waals surface area contributed by atoms with E-state index >= 15 is 0 Å². The molecule has 3 N–H and O–H groups in total. The Labute approximate surface area is 337 Å². The number of nitrogens with one attached hydrogen (secondary N) is 2. The van der Waals surface area contributed by atoms with Gasteiger partial charge in [0.2, 0.25) is 0 Å². The minimum atomic E-state index is -0.515. The van der Waals surface area contributed by atoms with Gasteiger partial charge in [0.05, 0.1) is 18.8 Å². The Bertz CT molecular complexity index is 2120. The van der Waals surface area contributed by atoms with Crippen LogP contribution in [0.25, 0.3) is 11.1 Å². The number of carbonyl (C=O) groups excluding carboxylic acids is 1. The maximum absolute atomic E-state index is 12.8. The molecule has 5 aromatic rings. The quantitative estimate of drug-likeness (QED) is 0.124. The Morgan fingerprint density at radius 3 is 2.25 bits per heavy atom. The van der Waals surface area contributed by atoms with Crippen LogP contribution < -0.4 is 15.4 Å². The molecule has 2 heterocycles. The molecule has 2 amide bonds. The lowest BCUT2D eigenvalue weighted by atomic mass is 9.65. The molecule has 6 unspecified atom stereocenters. The average molecular weight is 766 g/mol. The van der Waals surface area contributed by atoms with Crippen molar-refractivity contribution >= 4 is 11.7 Å². The summed E-state index contributed by atoms with van der Waals surface area (Å²) in [5, 5.41) is 15.6. The second-order valence-corrected chi connectivity index (χ2v) is 17.5. The number of amides is 2. The molecule has 3 aliphatic rings. The predicted octanol–water partition coefficient (Wildman–Crippen LogP) is 10.7. The van der Waals surface area contributed by atoms with Gasteiger partial charge in [-0.15, -0.1) is 0 Å². The van der Waals surface area contributed by atoms with Gasteiger partial charge in [0.15, 0.2) is 6.29 Å². The normalized spacial score (nSPS) is 25.5. The number of hydrogen-bond acceptors (Lipinski definition) is 6. The van der Waals surface area contributed by atoms with E-state index in [4.69, 9.17) is 14.2 Å². The van der Waals surface area contributed by atoms with Gasteiger partial charge >= 0.3 is 6.03 Å². The van der Waals surface area contributed by atoms with Crippen LogP contribution in [0.1, 0.15) is 81.6 Å². The monoisotopic (exact) mass is 765 g/mol. The Kier molecular flexibility index (Phi) is 11.2. The second kappa shape index (κ2) is 16.5. The SMILES string of the molecule is CC1C(CN2CC3(C)CC2CC(C)(C)C3)OC(c2ccc(-c3cccc(CNC(=O)Nc4ccc(Oc5ccccc5)cc4)c3)cc2)OC1c1ccc(CO)cc1. The Hall–Kier alpha value is -4.99. The minimum absolute atomic E-state index is 0.00796. The van der Waals surface area contributed by atoms with Crippen LogP contribution in [0.2, 0.25) is 0 Å². The van der Waals surface area contributed by atoms with Crippen LogP contribution >= 0.6 is 0 Å². The van der Waals surface area contributed by atoms with E-state index in [1.165, 1.54) is 19.3 Å². The zero-order valence-electron chi connectivity index (χ0n) is 33.5. The van der Waals surface area contributed by atoms with Crippen molar-refractivity contribution in [2.75, 3.05) is 18.4 Å². The van der Waals surface area contributed by atoms with Crippen molar-refractivity contribution in [3.05, 3.63) is 150 Å². The van der Waals surface area contributed by atoms with Crippen molar-refractivity contribution in [1.82, 2.24) is 10.2 Å². The molecule has 8 nitrogen and oxygen atoms in total. The molecule has 0 aromatic heterocycles. The van der Waals surface area contributed by atoms with Crippen LogP contribution in [0.15, 0.2) is 127 Å². The fraction of sp³-hybridized carbons (Fsp3) is 0.367. The number of fused-ring (bicyclic) bond motifs is 2. The van der Waals surface area contributed by atoms with Crippen molar-refractivity contribution in [2.24, 2.45) is 16.7 Å². The predicted molar refractivity (Wildman–Crippen MR) is 225 cm³/mol. The van der Waals surface area contributed by atoms with Gasteiger partial charge in [-0.05, 0) is 100 Å². The molecule has 3 fully saturated rings. The minimum Gasteiger partial charge on any atom is -0.457 e. The first-order valence-corrected chi connectivity index (χ1v) is 20.3. The average Bonchev–Trinajstić information content (AvgIpc) is 3.46. The maximum Gasteiger partial charge on any atom is 0.319 e. The van der Waals surface area contributed by atoms with Gasteiger partial charge in [-0.25, -0.2) is 4.79 Å². The maximum atomic E-state index is 12.8. The number of benzene rings is 5. The van der Waals surface area contributed by atoms with Crippen LogP contribution in [0, 0.1) is 16.7 Å². The van der Waals surface area contributed by atoms with Gasteiger partial charge in [-0.1, -0.05) is 113 Å². The number of para-hydroxylation sites is 1. The number of aliphatic hydroxyl groups excluding tert-OH is 1. The lowest BCUT2D eigenvalue weighted by Crippen LogP contribution is -2.46. The number of aliphatic hydroxyl groups is 1. The number of nitrogens with zero attached hydrogens (tertiary/aromatic N) is 1. The summed E-state index contributed by atoms with van der Waals surface area (Å²) < 4.78 is 19.6. The van der Waals surface area contributed by atoms with Crippen molar-refractivity contribution in [3.8, 4) is 22.6 Å². The molecule has 2 bridgehead atoms. The summed E-state index contributed by atoms with van der Waals surface area (Å²) in [5.74, 6) is 1.59. The third-order valence-electron chi connectivity index (χ3n) is 12.0. The molecule has 8 rings (SSSR count). The topological polar surface area (TPSA) is 92.3 Å². The Balaban J connectivity index is 0.922. The van der Waals surface area contributed by atoms with E-state index in [0.717, 1.165) is 52.2 Å². The first-order chi connectivity index (χ1) is 27.5. The van der Waals surface area contributed by atoms with E-state index in [9.17, 15) is 9.90 Å². The summed E-state index contributed by atoms with van der Waals surface area (Å²) in [5.41, 5.74) is 7.48. The molecule has 6 atom stereocenters. The number of carbonyl (C=O) groups is 1. The van der Waals surface area contributed by atoms with E-state index in [-0.39, 0.29) is 30.8 Å². The second-order valence-electron chi connectivity index (χ2n) is 17.5. The van der Waals surface area contributed by atoms with Crippen LogP contribution in [-0.4, -0.2) is 41.3 Å². The number of urea groups is 1. The molecular weight excluding hydrogens is 711 g/mol. The van der Waals surface area contributed by atoms with Crippen LogP contribution in [0.4, 0.5) is 10.5 Å². The van der Waals surface area contributed by atoms with E-state index in [1.807, 2.05) is 78.9 Å². The van der Waals surface area contributed by atoms with E-state index < -0.39 is 6.29 Å². The smallest absolute Gasteiger partial charge is 0.319 e. The highest BCUT2D eigenvalue weighted by Gasteiger charge is 2.51. The Morgan fingerprint density at radius 1 is 0.789 bits per heavy atom. The lowest BCUT2D eigenvalue weighted by Gasteiger charge is -2.43. The van der Waals surface area contributed by atoms with Crippen molar-refractivity contribution < 1.29 is 24.1 Å². The van der Waals surface area contributed by atoms with E-state index in [1.54, 1.807) is 0 Å². The summed E-state index contributed by atoms with van der Waals surface area (Å²) in [6.45, 7) is 12.0. The number of likely N-dealkylation sites (tertiary alicyclic amines) is 1. The van der Waals surface area contributed by atoms with Crippen LogP contribution in [0.3, 0.4) is 0 Å². The zero-order valence-corrected chi connectivity index (χ0v) is 33.5. The van der Waals surface area contributed by atoms with Crippen molar-refractivity contribution in [2.45, 2.75) is 84.6 Å². The summed E-state index contributed by atoms with van der Waals surface area (Å²) in [7, 11) is 0. The summed E-state index contributed by atoms with van der Waals surface area (Å²) >= 11 is 0. The highest BCUT2D eigenvalue weighted by atomic mass is 16.7. The molecule has 296 valence electrons. The molecule has 2 aliphatic heterocycles. The molecule has 2 saturated heterocycles. The molecule has 1 saturated carbocycles. The molecule has 0 radical (unpaired) electrons. The molecule has 57 heavy (non-hydrogen) atoms. The standard InChI is InChI=1S/C49H55N3O5/c1-33-44(29-52-32-49(4)27-41(52)26-48(2,3)31-49)56-46(57-45(33)37-15-13-34(30-53)14-16-37)38-19-17-36(18-20-38)39-10-8-9-35(25-39)28-50-47(54)51-40-21-23-43(24-22-40)55-42-11-6-5-7-12-42/h5-25,33,41,44-46,53H,26-32H2,1-4H3,(H2,50,51,54). The first kappa shape index (κ1) is 38.9. The molecule has 1 aliphatic carbocycles. The fourth-order valence-electron chi connectivity index (χ4n) is 9.63. The van der Waals surface area contributed by atoms with Crippen molar-refractivity contribution in [1.29, 1.82) is 0 Å². The number of ether oxygens (including phenoxy) is 3. The number of hydrogen-bond donors (Lipinski definition) is 3. The number of rotatable bonds is 11. The van der Waals surface area contributed by atoms with Gasteiger partial charge in [0, 0.05) is 42.8 Å². The molecule has 0 spiro atoms. The third-order valence-corrected chi connectivity index (χ3v) is 12.0. The van der Waals surface area contributed by atoms with Crippen LogP contribution in [-0.2, 0) is 22.6 Å².